The van der Waals surface area contributed by atoms with Gasteiger partial charge in [-0.25, -0.2) is 0 Å². The zero-order valence-corrected chi connectivity index (χ0v) is 11.3. The zero-order chi connectivity index (χ0) is 16.3. The summed E-state index contributed by atoms with van der Waals surface area (Å²) < 4.78 is 81.9. The van der Waals surface area contributed by atoms with Crippen LogP contribution < -0.4 is 0 Å². The van der Waals surface area contributed by atoms with Crippen LogP contribution in [0.4, 0.5) is 26.3 Å². The molecule has 0 bridgehead atoms. The fourth-order valence-electron chi connectivity index (χ4n) is 3.17. The van der Waals surface area contributed by atoms with E-state index in [1.165, 1.54) is 30.3 Å². The van der Waals surface area contributed by atoms with Crippen molar-refractivity contribution >= 4 is 0 Å². The molecule has 6 heteroatoms. The van der Waals surface area contributed by atoms with E-state index in [2.05, 4.69) is 0 Å². The summed E-state index contributed by atoms with van der Waals surface area (Å²) in [6, 6.07) is 8.42. The fourth-order valence-corrected chi connectivity index (χ4v) is 3.17. The van der Waals surface area contributed by atoms with Crippen molar-refractivity contribution in [2.45, 2.75) is 24.7 Å². The van der Waals surface area contributed by atoms with Crippen LogP contribution in [0.25, 0.3) is 11.1 Å². The molecule has 2 aromatic rings. The highest BCUT2D eigenvalue weighted by atomic mass is 19.4. The van der Waals surface area contributed by atoms with E-state index in [4.69, 9.17) is 0 Å². The Morgan fingerprint density at radius 3 is 1.86 bits per heavy atom. The first kappa shape index (κ1) is 14.9. The molecule has 0 saturated carbocycles. The van der Waals surface area contributed by atoms with Crippen molar-refractivity contribution < 1.29 is 26.3 Å². The predicted octanol–water partition coefficient (Wildman–Crippen LogP) is 5.39. The van der Waals surface area contributed by atoms with E-state index in [0.29, 0.717) is 5.56 Å². The SMILES string of the molecule is Cc1ccc2c(c1)-c1ccccc1C2(C(F)(F)F)C(F)(F)F. The molecular weight excluding hydrogens is 306 g/mol. The van der Waals surface area contributed by atoms with Crippen LogP contribution in [0, 0.1) is 6.92 Å². The lowest BCUT2D eigenvalue weighted by Gasteiger charge is -2.35. The average molecular weight is 316 g/mol. The second-order valence-electron chi connectivity index (χ2n) is 5.34. The molecule has 2 aromatic carbocycles. The van der Waals surface area contributed by atoms with Gasteiger partial charge in [0.1, 0.15) is 0 Å². The van der Waals surface area contributed by atoms with Crippen LogP contribution in [0.5, 0.6) is 0 Å². The third-order valence-electron chi connectivity index (χ3n) is 4.05. The Morgan fingerprint density at radius 2 is 1.27 bits per heavy atom. The molecule has 0 unspecified atom stereocenters. The molecule has 3 rings (SSSR count). The summed E-state index contributed by atoms with van der Waals surface area (Å²) in [6.45, 7) is 1.63. The van der Waals surface area contributed by atoms with Crippen LogP contribution in [0.3, 0.4) is 0 Å². The maximum atomic E-state index is 13.6. The van der Waals surface area contributed by atoms with Gasteiger partial charge >= 0.3 is 12.4 Å². The molecule has 0 heterocycles. The Morgan fingerprint density at radius 1 is 0.727 bits per heavy atom. The number of halogens is 6. The van der Waals surface area contributed by atoms with Crippen molar-refractivity contribution in [2.24, 2.45) is 0 Å². The number of benzene rings is 2. The molecule has 0 nitrogen and oxygen atoms in total. The van der Waals surface area contributed by atoms with Gasteiger partial charge in [-0.2, -0.15) is 26.3 Å². The Labute approximate surface area is 122 Å². The van der Waals surface area contributed by atoms with Crippen molar-refractivity contribution in [1.82, 2.24) is 0 Å². The van der Waals surface area contributed by atoms with Crippen molar-refractivity contribution in [1.29, 1.82) is 0 Å². The number of alkyl halides is 6. The van der Waals surface area contributed by atoms with Gasteiger partial charge < -0.3 is 0 Å². The molecule has 22 heavy (non-hydrogen) atoms. The van der Waals surface area contributed by atoms with E-state index in [-0.39, 0.29) is 11.1 Å². The van der Waals surface area contributed by atoms with Gasteiger partial charge in [0.25, 0.3) is 0 Å². The number of fused-ring (bicyclic) bond motifs is 3. The van der Waals surface area contributed by atoms with Crippen LogP contribution in [0.15, 0.2) is 42.5 Å². The van der Waals surface area contributed by atoms with Gasteiger partial charge in [-0.05, 0) is 29.2 Å². The van der Waals surface area contributed by atoms with Crippen molar-refractivity contribution in [2.75, 3.05) is 0 Å². The standard InChI is InChI=1S/C16H10F6/c1-9-6-7-13-11(8-9)10-4-2-3-5-12(10)14(13,15(17,18)19)16(20,21)22/h2-8H,1H3. The van der Waals surface area contributed by atoms with Gasteiger partial charge in [0.05, 0.1) is 0 Å². The second kappa shape index (κ2) is 4.27. The average Bonchev–Trinajstić information content (AvgIpc) is 2.68. The van der Waals surface area contributed by atoms with Crippen molar-refractivity contribution in [3.8, 4) is 11.1 Å². The Hall–Kier alpha value is -1.98. The maximum absolute atomic E-state index is 13.6. The fraction of sp³-hybridized carbons (Fsp3) is 0.250. The topological polar surface area (TPSA) is 0 Å². The van der Waals surface area contributed by atoms with Gasteiger partial charge in [-0.1, -0.05) is 48.0 Å². The summed E-state index contributed by atoms with van der Waals surface area (Å²) in [5, 5.41) is 0. The maximum Gasteiger partial charge on any atom is 0.411 e. The number of rotatable bonds is 0. The van der Waals surface area contributed by atoms with Gasteiger partial charge in [-0.15, -0.1) is 0 Å². The number of hydrogen-bond donors (Lipinski definition) is 0. The minimum Gasteiger partial charge on any atom is -0.169 e. The van der Waals surface area contributed by atoms with E-state index in [0.717, 1.165) is 12.1 Å². The van der Waals surface area contributed by atoms with Crippen LogP contribution in [-0.4, -0.2) is 12.4 Å². The molecule has 0 aliphatic heterocycles. The van der Waals surface area contributed by atoms with Crippen molar-refractivity contribution in [3.63, 3.8) is 0 Å². The lowest BCUT2D eigenvalue weighted by Crippen LogP contribution is -2.53. The van der Waals surface area contributed by atoms with Crippen LogP contribution in [0.2, 0.25) is 0 Å². The summed E-state index contributed by atoms with van der Waals surface area (Å²) in [6.07, 6.45) is -11.0. The first-order valence-electron chi connectivity index (χ1n) is 6.45. The normalized spacial score (nSPS) is 16.3. The zero-order valence-electron chi connectivity index (χ0n) is 11.3. The first-order chi connectivity index (χ1) is 10.1. The number of hydrogen-bond acceptors (Lipinski definition) is 0. The highest BCUT2D eigenvalue weighted by molar-refractivity contribution is 5.82. The minimum atomic E-state index is -5.48. The van der Waals surface area contributed by atoms with Crippen molar-refractivity contribution in [3.05, 3.63) is 59.2 Å². The largest absolute Gasteiger partial charge is 0.411 e. The van der Waals surface area contributed by atoms with E-state index in [1.54, 1.807) is 6.92 Å². The number of aryl methyl sites for hydroxylation is 1. The summed E-state index contributed by atoms with van der Waals surface area (Å²) in [5.41, 5.74) is -4.90. The summed E-state index contributed by atoms with van der Waals surface area (Å²) >= 11 is 0. The van der Waals surface area contributed by atoms with Crippen LogP contribution >= 0.6 is 0 Å². The molecule has 0 spiro atoms. The molecule has 116 valence electrons. The van der Waals surface area contributed by atoms with Gasteiger partial charge in [0, 0.05) is 0 Å². The lowest BCUT2D eigenvalue weighted by atomic mass is 9.76. The predicted molar refractivity (Wildman–Crippen MR) is 69.5 cm³/mol. The third-order valence-corrected chi connectivity index (χ3v) is 4.05. The van der Waals surface area contributed by atoms with Crippen LogP contribution in [0.1, 0.15) is 16.7 Å². The molecule has 1 aliphatic carbocycles. The highest BCUT2D eigenvalue weighted by Gasteiger charge is 2.75. The second-order valence-corrected chi connectivity index (χ2v) is 5.34. The Balaban J connectivity index is 2.52. The molecule has 0 amide bonds. The van der Waals surface area contributed by atoms with Gasteiger partial charge in [0.2, 0.25) is 5.41 Å². The van der Waals surface area contributed by atoms with Gasteiger partial charge in [0.15, 0.2) is 0 Å². The minimum absolute atomic E-state index is 0.00903. The molecular formula is C16H10F6. The molecule has 0 radical (unpaired) electrons. The van der Waals surface area contributed by atoms with Crippen LogP contribution in [-0.2, 0) is 5.41 Å². The summed E-state index contributed by atoms with van der Waals surface area (Å²) in [4.78, 5) is 0. The van der Waals surface area contributed by atoms with E-state index in [9.17, 15) is 26.3 Å². The highest BCUT2D eigenvalue weighted by Crippen LogP contribution is 2.63. The lowest BCUT2D eigenvalue weighted by molar-refractivity contribution is -0.287. The molecule has 0 N–H and O–H groups in total. The van der Waals surface area contributed by atoms with E-state index >= 15 is 0 Å². The molecule has 0 saturated heterocycles. The van der Waals surface area contributed by atoms with E-state index < -0.39 is 28.9 Å². The third kappa shape index (κ3) is 1.66. The molecule has 0 aromatic heterocycles. The van der Waals surface area contributed by atoms with E-state index in [1.807, 2.05) is 0 Å². The molecule has 1 aliphatic rings. The molecule has 0 atom stereocenters. The Bertz CT molecular complexity index is 725. The Kier molecular flexibility index (Phi) is 2.90. The first-order valence-corrected chi connectivity index (χ1v) is 6.45. The summed E-state index contributed by atoms with van der Waals surface area (Å²) in [7, 11) is 0. The quantitative estimate of drug-likeness (QED) is 0.572. The monoisotopic (exact) mass is 316 g/mol. The summed E-state index contributed by atoms with van der Waals surface area (Å²) in [5.74, 6) is 0. The smallest absolute Gasteiger partial charge is 0.169 e. The van der Waals surface area contributed by atoms with Gasteiger partial charge in [-0.3, -0.25) is 0 Å². The molecule has 0 fully saturated rings.